The molecule has 3 nitrogen and oxygen atoms in total. The van der Waals surface area contributed by atoms with Gasteiger partial charge in [0.25, 0.3) is 0 Å². The van der Waals surface area contributed by atoms with Crippen LogP contribution in [-0.4, -0.2) is 14.5 Å². The Morgan fingerprint density at radius 1 is 0.794 bits per heavy atom. The second-order valence-electron chi connectivity index (χ2n) is 9.85. The van der Waals surface area contributed by atoms with Gasteiger partial charge in [-0.05, 0) is 78.6 Å². The van der Waals surface area contributed by atoms with Crippen LogP contribution in [0.15, 0.2) is 96.8 Å². The number of nitrogens with zero attached hydrogens (tertiary/aromatic N) is 3. The molecule has 0 unspecified atom stereocenters. The Bertz CT molecular complexity index is 1650. The highest BCUT2D eigenvalue weighted by Crippen LogP contribution is 2.51. The van der Waals surface area contributed by atoms with Crippen molar-refractivity contribution in [1.82, 2.24) is 14.5 Å². The van der Waals surface area contributed by atoms with Crippen molar-refractivity contribution in [1.29, 1.82) is 0 Å². The zero-order chi connectivity index (χ0) is 22.9. The van der Waals surface area contributed by atoms with Crippen LogP contribution in [0.2, 0.25) is 0 Å². The second-order valence-corrected chi connectivity index (χ2v) is 9.85. The van der Waals surface area contributed by atoms with Crippen molar-refractivity contribution in [3.05, 3.63) is 102 Å². The minimum absolute atomic E-state index is 0.0443. The van der Waals surface area contributed by atoms with E-state index in [0.29, 0.717) is 0 Å². The molecule has 0 amide bonds. The molecule has 34 heavy (non-hydrogen) atoms. The minimum Gasteiger partial charge on any atom is -0.309 e. The Labute approximate surface area is 199 Å². The summed E-state index contributed by atoms with van der Waals surface area (Å²) in [5.74, 6) is 0. The molecule has 164 valence electrons. The zero-order valence-electron chi connectivity index (χ0n) is 19.4. The number of hydrogen-bond donors (Lipinski definition) is 0. The van der Waals surface area contributed by atoms with E-state index in [4.69, 9.17) is 4.98 Å². The van der Waals surface area contributed by atoms with E-state index in [1.807, 2.05) is 30.6 Å². The standard InChI is InChI=1S/C31H25N3/c1-31(2)24-9-3-4-12-29(24)34-28-14-13-20(26-10-5-7-15-32-26)17-22(28)23-18-21(19-25(31)30(23)34)27-11-6-8-16-33-27/h4-8,10-19H,3,9H2,1-2H3. The summed E-state index contributed by atoms with van der Waals surface area (Å²) in [6.45, 7) is 4.78. The van der Waals surface area contributed by atoms with Gasteiger partial charge in [0.15, 0.2) is 0 Å². The largest absolute Gasteiger partial charge is 0.309 e. The van der Waals surface area contributed by atoms with Gasteiger partial charge in [-0.3, -0.25) is 9.97 Å². The summed E-state index contributed by atoms with van der Waals surface area (Å²) in [5.41, 5.74) is 11.1. The van der Waals surface area contributed by atoms with E-state index in [1.54, 1.807) is 0 Å². The summed E-state index contributed by atoms with van der Waals surface area (Å²) in [4.78, 5) is 9.30. The Kier molecular flexibility index (Phi) is 4.02. The minimum atomic E-state index is -0.0443. The van der Waals surface area contributed by atoms with Crippen molar-refractivity contribution < 1.29 is 0 Å². The third-order valence-electron chi connectivity index (χ3n) is 7.60. The quantitative estimate of drug-likeness (QED) is 0.281. The van der Waals surface area contributed by atoms with Gasteiger partial charge in [-0.1, -0.05) is 38.1 Å². The number of fused-ring (bicyclic) bond motifs is 4. The van der Waals surface area contributed by atoms with Gasteiger partial charge < -0.3 is 4.57 Å². The molecule has 0 radical (unpaired) electrons. The van der Waals surface area contributed by atoms with Gasteiger partial charge in [0.05, 0.1) is 22.4 Å². The molecule has 5 aromatic rings. The second kappa shape index (κ2) is 7.01. The first-order valence-electron chi connectivity index (χ1n) is 12.0. The van der Waals surface area contributed by atoms with Crippen LogP contribution in [0.3, 0.4) is 0 Å². The smallest absolute Gasteiger partial charge is 0.0702 e. The summed E-state index contributed by atoms with van der Waals surface area (Å²) in [6.07, 6.45) is 10.6. The average Bonchev–Trinajstić information content (AvgIpc) is 3.22. The van der Waals surface area contributed by atoms with Crippen LogP contribution in [0.25, 0.3) is 50.0 Å². The topological polar surface area (TPSA) is 30.7 Å². The lowest BCUT2D eigenvalue weighted by Gasteiger charge is -2.38. The van der Waals surface area contributed by atoms with Crippen LogP contribution in [0.5, 0.6) is 0 Å². The maximum absolute atomic E-state index is 4.69. The van der Waals surface area contributed by atoms with Crippen molar-refractivity contribution in [2.75, 3.05) is 0 Å². The summed E-state index contributed by atoms with van der Waals surface area (Å²) >= 11 is 0. The molecule has 2 aliphatic rings. The SMILES string of the molecule is CC1(C)C2=C(C=CCC2)n2c3ccc(-c4ccccn4)cc3c3cc(-c4ccccn4)cc1c32. The molecule has 3 heteroatoms. The molecule has 2 aromatic carbocycles. The van der Waals surface area contributed by atoms with Crippen LogP contribution in [0.4, 0.5) is 0 Å². The lowest BCUT2D eigenvalue weighted by atomic mass is 9.71. The number of allylic oxidation sites excluding steroid dienone is 4. The normalized spacial score (nSPS) is 16.3. The number of pyridine rings is 2. The summed E-state index contributed by atoms with van der Waals surface area (Å²) < 4.78 is 2.50. The van der Waals surface area contributed by atoms with Crippen molar-refractivity contribution in [3.8, 4) is 22.5 Å². The van der Waals surface area contributed by atoms with E-state index in [0.717, 1.165) is 29.8 Å². The van der Waals surface area contributed by atoms with Crippen molar-refractivity contribution in [3.63, 3.8) is 0 Å². The highest BCUT2D eigenvalue weighted by atomic mass is 15.0. The molecule has 1 aliphatic carbocycles. The fourth-order valence-electron chi connectivity index (χ4n) is 5.90. The number of aromatic nitrogens is 3. The first-order chi connectivity index (χ1) is 16.6. The predicted octanol–water partition coefficient (Wildman–Crippen LogP) is 7.77. The van der Waals surface area contributed by atoms with E-state index in [1.165, 1.54) is 44.2 Å². The summed E-state index contributed by atoms with van der Waals surface area (Å²) in [6, 6.07) is 23.7. The number of hydrogen-bond acceptors (Lipinski definition) is 2. The molecule has 0 bridgehead atoms. The monoisotopic (exact) mass is 439 g/mol. The van der Waals surface area contributed by atoms with Crippen LogP contribution in [-0.2, 0) is 5.41 Å². The maximum Gasteiger partial charge on any atom is 0.0702 e. The van der Waals surface area contributed by atoms with E-state index < -0.39 is 0 Å². The van der Waals surface area contributed by atoms with Gasteiger partial charge in [-0.2, -0.15) is 0 Å². The van der Waals surface area contributed by atoms with Gasteiger partial charge in [-0.25, -0.2) is 0 Å². The fourth-order valence-corrected chi connectivity index (χ4v) is 5.90. The summed E-state index contributed by atoms with van der Waals surface area (Å²) in [7, 11) is 0. The molecule has 7 rings (SSSR count). The number of benzene rings is 2. The highest BCUT2D eigenvalue weighted by Gasteiger charge is 2.37. The van der Waals surface area contributed by atoms with E-state index >= 15 is 0 Å². The van der Waals surface area contributed by atoms with Gasteiger partial charge in [0.2, 0.25) is 0 Å². The molecule has 0 saturated carbocycles. The Morgan fingerprint density at radius 2 is 1.53 bits per heavy atom. The maximum atomic E-state index is 4.69. The van der Waals surface area contributed by atoms with Crippen LogP contribution >= 0.6 is 0 Å². The lowest BCUT2D eigenvalue weighted by Crippen LogP contribution is -2.28. The predicted molar refractivity (Wildman–Crippen MR) is 141 cm³/mol. The van der Waals surface area contributed by atoms with Gasteiger partial charge >= 0.3 is 0 Å². The first kappa shape index (κ1) is 19.5. The van der Waals surface area contributed by atoms with Gasteiger partial charge in [-0.15, -0.1) is 0 Å². The van der Waals surface area contributed by atoms with Gasteiger partial charge in [0.1, 0.15) is 0 Å². The third-order valence-corrected chi connectivity index (χ3v) is 7.60. The Hall–Kier alpha value is -3.98. The summed E-state index contributed by atoms with van der Waals surface area (Å²) in [5, 5.41) is 2.55. The molecular formula is C31H25N3. The molecule has 0 spiro atoms. The van der Waals surface area contributed by atoms with E-state index in [-0.39, 0.29) is 5.41 Å². The zero-order valence-corrected chi connectivity index (χ0v) is 19.4. The van der Waals surface area contributed by atoms with Crippen LogP contribution < -0.4 is 0 Å². The Balaban J connectivity index is 1.63. The van der Waals surface area contributed by atoms with E-state index in [2.05, 4.69) is 84.1 Å². The molecule has 0 N–H and O–H groups in total. The molecule has 0 saturated heterocycles. The third kappa shape index (κ3) is 2.64. The highest BCUT2D eigenvalue weighted by molar-refractivity contribution is 6.15. The lowest BCUT2D eigenvalue weighted by molar-refractivity contribution is 0.585. The molecule has 4 heterocycles. The molecular weight excluding hydrogens is 414 g/mol. The van der Waals surface area contributed by atoms with Gasteiger partial charge in [0, 0.05) is 45.4 Å². The van der Waals surface area contributed by atoms with Crippen molar-refractivity contribution in [2.24, 2.45) is 0 Å². The fraction of sp³-hybridized carbons (Fsp3) is 0.161. The molecule has 0 fully saturated rings. The molecule has 1 aliphatic heterocycles. The number of rotatable bonds is 2. The van der Waals surface area contributed by atoms with Crippen molar-refractivity contribution in [2.45, 2.75) is 32.1 Å². The Morgan fingerprint density at radius 3 is 2.26 bits per heavy atom. The first-order valence-corrected chi connectivity index (χ1v) is 12.0. The molecule has 3 aromatic heterocycles. The van der Waals surface area contributed by atoms with Crippen molar-refractivity contribution >= 4 is 27.5 Å². The molecule has 0 atom stereocenters. The van der Waals surface area contributed by atoms with E-state index in [9.17, 15) is 0 Å². The van der Waals surface area contributed by atoms with Crippen LogP contribution in [0, 0.1) is 0 Å². The van der Waals surface area contributed by atoms with Crippen LogP contribution in [0.1, 0.15) is 32.3 Å². The average molecular weight is 440 g/mol.